The summed E-state index contributed by atoms with van der Waals surface area (Å²) in [5, 5.41) is 6.46. The fraction of sp³-hybridized carbons (Fsp3) is 0.211. The van der Waals surface area contributed by atoms with E-state index in [0.717, 1.165) is 41.2 Å². The zero-order valence-electron chi connectivity index (χ0n) is 14.0. The Balaban J connectivity index is 1.87. The van der Waals surface area contributed by atoms with Gasteiger partial charge in [-0.3, -0.25) is 4.99 Å². The smallest absolute Gasteiger partial charge is 0.227 e. The van der Waals surface area contributed by atoms with Crippen LogP contribution in [0.4, 0.5) is 17.3 Å². The maximum absolute atomic E-state index is 4.65. The molecule has 1 aromatic heterocycles. The van der Waals surface area contributed by atoms with Gasteiger partial charge in [0.2, 0.25) is 5.95 Å². The summed E-state index contributed by atoms with van der Waals surface area (Å²) < 4.78 is 0. The van der Waals surface area contributed by atoms with E-state index in [2.05, 4.69) is 50.7 Å². The molecule has 0 bridgehead atoms. The number of anilines is 3. The Hall–Kier alpha value is -2.95. The molecule has 5 heteroatoms. The van der Waals surface area contributed by atoms with Gasteiger partial charge in [0.05, 0.1) is 12.2 Å². The van der Waals surface area contributed by atoms with Crippen molar-refractivity contribution in [1.29, 1.82) is 0 Å². The molecule has 1 aromatic carbocycles. The van der Waals surface area contributed by atoms with Gasteiger partial charge in [-0.15, -0.1) is 0 Å². The molecule has 2 N–H and O–H groups in total. The molecule has 0 saturated heterocycles. The van der Waals surface area contributed by atoms with Crippen molar-refractivity contribution in [2.45, 2.75) is 13.3 Å². The van der Waals surface area contributed by atoms with E-state index in [1.807, 2.05) is 37.5 Å². The highest BCUT2D eigenvalue weighted by atomic mass is 15.1. The van der Waals surface area contributed by atoms with Crippen molar-refractivity contribution in [3.05, 3.63) is 59.9 Å². The van der Waals surface area contributed by atoms with Gasteiger partial charge in [0.1, 0.15) is 0 Å². The maximum Gasteiger partial charge on any atom is 0.227 e. The van der Waals surface area contributed by atoms with Crippen LogP contribution in [0.1, 0.15) is 17.7 Å². The molecule has 0 saturated carbocycles. The van der Waals surface area contributed by atoms with Gasteiger partial charge in [-0.2, -0.15) is 0 Å². The van der Waals surface area contributed by atoms with Crippen molar-refractivity contribution in [3.63, 3.8) is 0 Å². The van der Waals surface area contributed by atoms with E-state index in [0.29, 0.717) is 5.95 Å². The first-order valence-corrected chi connectivity index (χ1v) is 7.99. The molecule has 0 radical (unpaired) electrons. The minimum Gasteiger partial charge on any atom is -0.388 e. The second kappa shape index (κ2) is 7.55. The summed E-state index contributed by atoms with van der Waals surface area (Å²) in [6.07, 6.45) is 10.6. The number of aliphatic imine (C=N–C) groups is 1. The first kappa shape index (κ1) is 15.9. The lowest BCUT2D eigenvalue weighted by Crippen LogP contribution is -2.02. The third-order valence-corrected chi connectivity index (χ3v) is 3.84. The van der Waals surface area contributed by atoms with Gasteiger partial charge in [-0.1, -0.05) is 24.3 Å². The summed E-state index contributed by atoms with van der Waals surface area (Å²) in [6.45, 7) is 2.80. The van der Waals surface area contributed by atoms with Gasteiger partial charge in [0.15, 0.2) is 0 Å². The van der Waals surface area contributed by atoms with Crippen LogP contribution in [-0.4, -0.2) is 29.8 Å². The Bertz CT molecular complexity index is 805. The molecule has 0 aliphatic carbocycles. The number of rotatable bonds is 4. The van der Waals surface area contributed by atoms with Crippen LogP contribution in [0.15, 0.2) is 53.7 Å². The quantitative estimate of drug-likeness (QED) is 0.894. The zero-order chi connectivity index (χ0) is 16.8. The van der Waals surface area contributed by atoms with Gasteiger partial charge < -0.3 is 10.6 Å². The number of nitrogens with zero attached hydrogens (tertiary/aromatic N) is 3. The summed E-state index contributed by atoms with van der Waals surface area (Å²) in [5.41, 5.74) is 5.22. The SMILES string of the molecule is CNc1ccc(C)c(Nc2nccc(/C3=C/C=CCN=CC3)n2)c1. The Labute approximate surface area is 142 Å². The van der Waals surface area contributed by atoms with Gasteiger partial charge in [-0.05, 0) is 36.3 Å². The lowest BCUT2D eigenvalue weighted by atomic mass is 10.1. The highest BCUT2D eigenvalue weighted by Gasteiger charge is 2.07. The summed E-state index contributed by atoms with van der Waals surface area (Å²) in [6, 6.07) is 8.09. The van der Waals surface area contributed by atoms with E-state index in [1.165, 1.54) is 0 Å². The van der Waals surface area contributed by atoms with E-state index < -0.39 is 0 Å². The van der Waals surface area contributed by atoms with E-state index in [-0.39, 0.29) is 0 Å². The van der Waals surface area contributed by atoms with Gasteiger partial charge >= 0.3 is 0 Å². The highest BCUT2D eigenvalue weighted by Crippen LogP contribution is 2.23. The molecule has 5 nitrogen and oxygen atoms in total. The molecule has 1 aliphatic heterocycles. The number of allylic oxidation sites excluding steroid dienone is 3. The monoisotopic (exact) mass is 319 g/mol. The minimum absolute atomic E-state index is 0.590. The fourth-order valence-electron chi connectivity index (χ4n) is 2.43. The van der Waals surface area contributed by atoms with Gasteiger partial charge in [-0.25, -0.2) is 9.97 Å². The maximum atomic E-state index is 4.65. The van der Waals surface area contributed by atoms with E-state index in [9.17, 15) is 0 Å². The topological polar surface area (TPSA) is 62.2 Å². The van der Waals surface area contributed by atoms with Crippen molar-refractivity contribution in [2.75, 3.05) is 24.2 Å². The van der Waals surface area contributed by atoms with Crippen LogP contribution in [0.25, 0.3) is 5.57 Å². The third-order valence-electron chi connectivity index (χ3n) is 3.84. The average Bonchev–Trinajstić information content (AvgIpc) is 2.57. The molecule has 0 unspecified atom stereocenters. The summed E-state index contributed by atoms with van der Waals surface area (Å²) >= 11 is 0. The Morgan fingerprint density at radius 2 is 2.08 bits per heavy atom. The number of hydrogen-bond donors (Lipinski definition) is 2. The Morgan fingerprint density at radius 3 is 2.96 bits per heavy atom. The second-order valence-corrected chi connectivity index (χ2v) is 5.54. The average molecular weight is 319 g/mol. The Morgan fingerprint density at radius 1 is 1.17 bits per heavy atom. The Kier molecular flexibility index (Phi) is 5.01. The minimum atomic E-state index is 0.590. The fourth-order valence-corrected chi connectivity index (χ4v) is 2.43. The molecule has 0 spiro atoms. The van der Waals surface area contributed by atoms with Gasteiger partial charge in [0, 0.05) is 37.3 Å². The van der Waals surface area contributed by atoms with Crippen LogP contribution in [0.2, 0.25) is 0 Å². The summed E-state index contributed by atoms with van der Waals surface area (Å²) in [7, 11) is 1.90. The van der Waals surface area contributed by atoms with Gasteiger partial charge in [0.25, 0.3) is 0 Å². The van der Waals surface area contributed by atoms with Crippen molar-refractivity contribution < 1.29 is 0 Å². The first-order valence-electron chi connectivity index (χ1n) is 7.99. The number of benzene rings is 1. The van der Waals surface area contributed by atoms with Crippen LogP contribution in [0.5, 0.6) is 0 Å². The third kappa shape index (κ3) is 3.87. The molecule has 0 fully saturated rings. The predicted molar refractivity (Wildman–Crippen MR) is 101 cm³/mol. The molecule has 3 rings (SSSR count). The molecule has 0 amide bonds. The first-order chi connectivity index (χ1) is 11.8. The number of aryl methyl sites for hydroxylation is 1. The van der Waals surface area contributed by atoms with Crippen molar-refractivity contribution in [2.24, 2.45) is 4.99 Å². The molecular formula is C19H21N5. The van der Waals surface area contributed by atoms with Crippen LogP contribution in [0, 0.1) is 6.92 Å². The van der Waals surface area contributed by atoms with E-state index in [1.54, 1.807) is 6.20 Å². The van der Waals surface area contributed by atoms with Crippen LogP contribution in [0.3, 0.4) is 0 Å². The standard InChI is InChI=1S/C19H21N5/c1-14-6-7-16(20-2)13-18(14)24-19-22-12-9-17(23-19)15-5-3-4-10-21-11-8-15/h3-7,9,11-13,20H,8,10H2,1-2H3,(H,22,23,24)/b4-3?,15-5+,21-11?. The van der Waals surface area contributed by atoms with Crippen LogP contribution < -0.4 is 10.6 Å². The largest absolute Gasteiger partial charge is 0.388 e. The summed E-state index contributed by atoms with van der Waals surface area (Å²) in [5.74, 6) is 0.590. The number of aromatic nitrogens is 2. The second-order valence-electron chi connectivity index (χ2n) is 5.54. The lowest BCUT2D eigenvalue weighted by Gasteiger charge is -2.12. The lowest BCUT2D eigenvalue weighted by molar-refractivity contribution is 1.13. The van der Waals surface area contributed by atoms with Crippen LogP contribution >= 0.6 is 0 Å². The van der Waals surface area contributed by atoms with Crippen molar-refractivity contribution in [3.8, 4) is 0 Å². The molecular weight excluding hydrogens is 298 g/mol. The van der Waals surface area contributed by atoms with Crippen LogP contribution in [-0.2, 0) is 0 Å². The van der Waals surface area contributed by atoms with Crippen molar-refractivity contribution in [1.82, 2.24) is 9.97 Å². The van der Waals surface area contributed by atoms with Crippen molar-refractivity contribution >= 4 is 29.1 Å². The molecule has 24 heavy (non-hydrogen) atoms. The summed E-state index contributed by atoms with van der Waals surface area (Å²) in [4.78, 5) is 13.3. The molecule has 0 atom stereocenters. The molecule has 2 heterocycles. The van der Waals surface area contributed by atoms with E-state index >= 15 is 0 Å². The van der Waals surface area contributed by atoms with E-state index in [4.69, 9.17) is 0 Å². The highest BCUT2D eigenvalue weighted by molar-refractivity contribution is 5.79. The number of hydrogen-bond acceptors (Lipinski definition) is 5. The predicted octanol–water partition coefficient (Wildman–Crippen LogP) is 3.98. The number of nitrogens with one attached hydrogen (secondary N) is 2. The normalized spacial score (nSPS) is 16.0. The molecule has 1 aliphatic rings. The molecule has 122 valence electrons. The zero-order valence-corrected chi connectivity index (χ0v) is 14.0. The molecule has 2 aromatic rings.